The maximum Gasteiger partial charge on any atom is 0.177 e. The van der Waals surface area contributed by atoms with Gasteiger partial charge in [-0.05, 0) is 0 Å². The lowest BCUT2D eigenvalue weighted by molar-refractivity contribution is 0.101. The number of aromatic nitrogens is 3. The number of ketones is 1. The highest BCUT2D eigenvalue weighted by atomic mass is 16.1. The summed E-state index contributed by atoms with van der Waals surface area (Å²) in [7, 11) is 0. The number of nitrogens with zero attached hydrogens (tertiary/aromatic N) is 2. The highest BCUT2D eigenvalue weighted by molar-refractivity contribution is 5.91. The topological polar surface area (TPSA) is 58.6 Å². The summed E-state index contributed by atoms with van der Waals surface area (Å²) in [6, 6.07) is 0. The molecule has 76 valence electrons. The summed E-state index contributed by atoms with van der Waals surface area (Å²) in [5.74, 6) is -0.0568. The largest absolute Gasteiger partial charge is 0.356 e. The number of H-pyrrole nitrogens is 1. The van der Waals surface area contributed by atoms with Gasteiger partial charge in [0.25, 0.3) is 0 Å². The van der Waals surface area contributed by atoms with Crippen molar-refractivity contribution >= 4 is 5.78 Å². The van der Waals surface area contributed by atoms with Crippen LogP contribution in [0, 0.1) is 0 Å². The van der Waals surface area contributed by atoms with Crippen molar-refractivity contribution in [2.75, 3.05) is 0 Å². The van der Waals surface area contributed by atoms with Crippen LogP contribution >= 0.6 is 0 Å². The van der Waals surface area contributed by atoms with Crippen LogP contribution in [0.15, 0.2) is 31.0 Å². The Hall–Kier alpha value is -1.71. The van der Waals surface area contributed by atoms with Crippen molar-refractivity contribution in [3.63, 3.8) is 0 Å². The first-order chi connectivity index (χ1) is 6.80. The molecule has 0 radical (unpaired) electrons. The van der Waals surface area contributed by atoms with Gasteiger partial charge in [-0.3, -0.25) is 14.8 Å². The molecule has 0 aliphatic heterocycles. The molecule has 0 spiro atoms. The van der Waals surface area contributed by atoms with Crippen LogP contribution in [0.5, 0.6) is 0 Å². The number of rotatable bonds is 1. The van der Waals surface area contributed by atoms with Crippen LogP contribution < -0.4 is 0 Å². The van der Waals surface area contributed by atoms with Gasteiger partial charge in [-0.1, -0.05) is 13.8 Å². The first-order valence-electron chi connectivity index (χ1n) is 4.48. The SMILES string of the molecule is CC.CC(=O)c1cnccncc[nH]1. The van der Waals surface area contributed by atoms with E-state index in [9.17, 15) is 4.79 Å². The quantitative estimate of drug-likeness (QED) is 0.695. The summed E-state index contributed by atoms with van der Waals surface area (Å²) >= 11 is 0. The molecule has 4 heteroatoms. The Bertz CT molecular complexity index is 295. The summed E-state index contributed by atoms with van der Waals surface area (Å²) in [5, 5.41) is 0. The van der Waals surface area contributed by atoms with Crippen LogP contribution in [-0.4, -0.2) is 20.7 Å². The summed E-state index contributed by atoms with van der Waals surface area (Å²) in [5.41, 5.74) is 0.452. The molecule has 0 saturated heterocycles. The van der Waals surface area contributed by atoms with Gasteiger partial charge in [-0.2, -0.15) is 0 Å². The summed E-state index contributed by atoms with van der Waals surface area (Å²) in [4.78, 5) is 21.3. The van der Waals surface area contributed by atoms with Crippen LogP contribution in [0.4, 0.5) is 0 Å². The number of carbonyl (C=O) groups is 1. The smallest absolute Gasteiger partial charge is 0.177 e. The van der Waals surface area contributed by atoms with Crippen molar-refractivity contribution < 1.29 is 4.79 Å². The standard InChI is InChI=1S/C8H9N3O.C2H6/c1-7(12)8-6-10-3-2-9-4-5-11-8;1-2/h2-6,11H,1H3;1-2H3. The van der Waals surface area contributed by atoms with Gasteiger partial charge in [0.1, 0.15) is 0 Å². The van der Waals surface area contributed by atoms with Gasteiger partial charge in [-0.15, -0.1) is 0 Å². The lowest BCUT2D eigenvalue weighted by Crippen LogP contribution is -1.93. The molecule has 0 atom stereocenters. The minimum atomic E-state index is -0.0568. The second kappa shape index (κ2) is 7.91. The van der Waals surface area contributed by atoms with E-state index in [1.807, 2.05) is 13.8 Å². The van der Waals surface area contributed by atoms with Crippen LogP contribution in [0.1, 0.15) is 31.3 Å². The minimum absolute atomic E-state index is 0.0568. The van der Waals surface area contributed by atoms with Crippen LogP contribution in [0.2, 0.25) is 0 Å². The number of aromatic amines is 1. The van der Waals surface area contributed by atoms with E-state index < -0.39 is 0 Å². The molecule has 1 N–H and O–H groups in total. The van der Waals surface area contributed by atoms with Crippen molar-refractivity contribution in [3.8, 4) is 0 Å². The third-order valence-electron chi connectivity index (χ3n) is 1.22. The molecule has 1 aromatic rings. The fraction of sp³-hybridized carbons (Fsp3) is 0.300. The normalized spacial score (nSPS) is 7.93. The molecule has 0 unspecified atom stereocenters. The van der Waals surface area contributed by atoms with Crippen molar-refractivity contribution in [1.82, 2.24) is 15.0 Å². The van der Waals surface area contributed by atoms with Gasteiger partial charge in [0, 0.05) is 31.7 Å². The first-order valence-corrected chi connectivity index (χ1v) is 4.48. The van der Waals surface area contributed by atoms with E-state index in [2.05, 4.69) is 15.0 Å². The molecular weight excluding hydrogens is 178 g/mol. The van der Waals surface area contributed by atoms with Crippen LogP contribution in [0.25, 0.3) is 0 Å². The zero-order chi connectivity index (χ0) is 10.8. The Labute approximate surface area is 83.7 Å². The number of hydrogen-bond donors (Lipinski definition) is 1. The van der Waals surface area contributed by atoms with Gasteiger partial charge in [0.15, 0.2) is 5.78 Å². The summed E-state index contributed by atoms with van der Waals surface area (Å²) in [6.07, 6.45) is 7.65. The lowest BCUT2D eigenvalue weighted by Gasteiger charge is -1.86. The van der Waals surface area contributed by atoms with Gasteiger partial charge in [-0.25, -0.2) is 0 Å². The van der Waals surface area contributed by atoms with Gasteiger partial charge in [0.2, 0.25) is 0 Å². The summed E-state index contributed by atoms with van der Waals surface area (Å²) in [6.45, 7) is 5.47. The monoisotopic (exact) mass is 193 g/mol. The predicted molar refractivity (Wildman–Crippen MR) is 55.4 cm³/mol. The Morgan fingerprint density at radius 2 is 1.86 bits per heavy atom. The average molecular weight is 193 g/mol. The maximum absolute atomic E-state index is 10.9. The lowest BCUT2D eigenvalue weighted by atomic mass is 10.3. The van der Waals surface area contributed by atoms with Crippen molar-refractivity contribution in [2.24, 2.45) is 0 Å². The minimum Gasteiger partial charge on any atom is -0.356 e. The number of carbonyl (C=O) groups excluding carboxylic acids is 1. The number of nitrogens with one attached hydrogen (secondary N) is 1. The van der Waals surface area contributed by atoms with E-state index in [1.165, 1.54) is 25.5 Å². The highest BCUT2D eigenvalue weighted by Crippen LogP contribution is 1.87. The van der Waals surface area contributed by atoms with E-state index >= 15 is 0 Å². The highest BCUT2D eigenvalue weighted by Gasteiger charge is 1.93. The molecular formula is C10H15N3O. The molecule has 0 aliphatic carbocycles. The molecule has 0 aliphatic rings. The van der Waals surface area contributed by atoms with Crippen molar-refractivity contribution in [3.05, 3.63) is 36.7 Å². The fourth-order valence-corrected chi connectivity index (χ4v) is 0.644. The Balaban J connectivity index is 0.000000791. The predicted octanol–water partition coefficient (Wildman–Crippen LogP) is 2.16. The molecule has 0 saturated carbocycles. The van der Waals surface area contributed by atoms with E-state index in [0.29, 0.717) is 5.69 Å². The molecule has 0 amide bonds. The Morgan fingerprint density at radius 1 is 1.21 bits per heavy atom. The molecule has 4 nitrogen and oxygen atoms in total. The van der Waals surface area contributed by atoms with E-state index in [1.54, 1.807) is 12.4 Å². The number of hydrogen-bond acceptors (Lipinski definition) is 3. The molecule has 1 aromatic heterocycles. The molecule has 1 heterocycles. The number of Topliss-reactive ketones (excluding diaryl/α,β-unsaturated/α-hetero) is 1. The third kappa shape index (κ3) is 5.03. The fourth-order valence-electron chi connectivity index (χ4n) is 0.644. The maximum atomic E-state index is 10.9. The second-order valence-electron chi connectivity index (χ2n) is 2.16. The van der Waals surface area contributed by atoms with Crippen molar-refractivity contribution in [2.45, 2.75) is 20.8 Å². The van der Waals surface area contributed by atoms with E-state index in [-0.39, 0.29) is 5.78 Å². The van der Waals surface area contributed by atoms with Gasteiger partial charge >= 0.3 is 0 Å². The Morgan fingerprint density at radius 3 is 2.50 bits per heavy atom. The van der Waals surface area contributed by atoms with Gasteiger partial charge in [0.05, 0.1) is 11.9 Å². The molecule has 14 heavy (non-hydrogen) atoms. The zero-order valence-corrected chi connectivity index (χ0v) is 8.69. The van der Waals surface area contributed by atoms with Crippen molar-refractivity contribution in [1.29, 1.82) is 0 Å². The zero-order valence-electron chi connectivity index (χ0n) is 8.69. The first kappa shape index (κ1) is 12.3. The van der Waals surface area contributed by atoms with Crippen LogP contribution in [0.3, 0.4) is 0 Å². The summed E-state index contributed by atoms with van der Waals surface area (Å²) < 4.78 is 0. The average Bonchev–Trinajstić information content (AvgIpc) is 2.33. The van der Waals surface area contributed by atoms with Crippen LogP contribution in [-0.2, 0) is 0 Å². The van der Waals surface area contributed by atoms with E-state index in [0.717, 1.165) is 0 Å². The Kier molecular flexibility index (Phi) is 6.95. The molecule has 0 bridgehead atoms. The second-order valence-corrected chi connectivity index (χ2v) is 2.16. The molecule has 0 aromatic carbocycles. The molecule has 0 fully saturated rings. The third-order valence-corrected chi connectivity index (χ3v) is 1.22. The molecule has 1 rings (SSSR count). The van der Waals surface area contributed by atoms with E-state index in [4.69, 9.17) is 0 Å². The van der Waals surface area contributed by atoms with Gasteiger partial charge < -0.3 is 4.98 Å².